The molecule has 1 aromatic carbocycles. The number of alkyl halides is 1. The zero-order valence-electron chi connectivity index (χ0n) is 8.66. The van der Waals surface area contributed by atoms with Gasteiger partial charge in [-0.3, -0.25) is 4.79 Å². The average Bonchev–Trinajstić information content (AvgIpc) is 2.29. The van der Waals surface area contributed by atoms with Gasteiger partial charge in [-0.25, -0.2) is 0 Å². The number of aromatic hydroxyl groups is 1. The summed E-state index contributed by atoms with van der Waals surface area (Å²) in [5, 5.41) is 18.2. The molecule has 0 aliphatic carbocycles. The Morgan fingerprint density at radius 2 is 2.25 bits per heavy atom. The number of carbonyl (C=O) groups is 1. The topological polar surface area (TPSA) is 70.3 Å². The Morgan fingerprint density at radius 1 is 1.56 bits per heavy atom. The van der Waals surface area contributed by atoms with E-state index in [0.717, 1.165) is 0 Å². The van der Waals surface area contributed by atoms with Gasteiger partial charge in [-0.1, -0.05) is 0 Å². The van der Waals surface area contributed by atoms with Crippen LogP contribution < -0.4 is 0 Å². The molecule has 0 saturated carbocycles. The highest BCUT2D eigenvalue weighted by molar-refractivity contribution is 6.17. The lowest BCUT2D eigenvalue weighted by atomic mass is 10.0. The van der Waals surface area contributed by atoms with Crippen LogP contribution in [0.1, 0.15) is 16.7 Å². The van der Waals surface area contributed by atoms with Crippen molar-refractivity contribution in [2.75, 3.05) is 7.11 Å². The Bertz CT molecular complexity index is 451. The number of phenols is 1. The average molecular weight is 240 g/mol. The minimum absolute atomic E-state index is 0.0256. The van der Waals surface area contributed by atoms with E-state index in [1.807, 2.05) is 6.07 Å². The highest BCUT2D eigenvalue weighted by Crippen LogP contribution is 2.23. The molecule has 0 atom stereocenters. The van der Waals surface area contributed by atoms with Gasteiger partial charge in [-0.2, -0.15) is 5.26 Å². The van der Waals surface area contributed by atoms with Crippen molar-refractivity contribution < 1.29 is 14.6 Å². The Labute approximate surface area is 98.0 Å². The van der Waals surface area contributed by atoms with Gasteiger partial charge in [0.05, 0.1) is 19.1 Å². The Morgan fingerprint density at radius 3 is 2.75 bits per heavy atom. The maximum Gasteiger partial charge on any atom is 0.309 e. The molecule has 5 heteroatoms. The molecule has 0 heterocycles. The lowest BCUT2D eigenvalue weighted by Gasteiger charge is -2.07. The second kappa shape index (κ2) is 5.38. The summed E-state index contributed by atoms with van der Waals surface area (Å²) in [5.41, 5.74) is 1.35. The third-order valence-electron chi connectivity index (χ3n) is 2.14. The molecule has 0 aliphatic heterocycles. The summed E-state index contributed by atoms with van der Waals surface area (Å²) in [5.74, 6) is -0.410. The molecule has 0 bridgehead atoms. The van der Waals surface area contributed by atoms with Crippen molar-refractivity contribution >= 4 is 17.6 Å². The number of methoxy groups -OCH3 is 1. The molecule has 0 saturated heterocycles. The van der Waals surface area contributed by atoms with Gasteiger partial charge < -0.3 is 9.84 Å². The van der Waals surface area contributed by atoms with Gasteiger partial charge in [0, 0.05) is 5.88 Å². The molecule has 0 spiro atoms. The SMILES string of the molecule is COC(=O)Cc1cc(O)c(C#N)cc1CCl. The van der Waals surface area contributed by atoms with Crippen LogP contribution in [0.3, 0.4) is 0 Å². The fourth-order valence-corrected chi connectivity index (χ4v) is 1.53. The normalized spacial score (nSPS) is 9.56. The van der Waals surface area contributed by atoms with Crippen molar-refractivity contribution in [3.8, 4) is 11.8 Å². The first-order chi connectivity index (χ1) is 7.62. The van der Waals surface area contributed by atoms with Gasteiger partial charge in [0.2, 0.25) is 0 Å². The number of nitrogens with zero attached hydrogens (tertiary/aromatic N) is 1. The predicted octanol–water partition coefficient (Wildman–Crippen LogP) is 1.72. The quantitative estimate of drug-likeness (QED) is 0.644. The predicted molar refractivity (Wildman–Crippen MR) is 58.1 cm³/mol. The van der Waals surface area contributed by atoms with Crippen molar-refractivity contribution in [3.63, 3.8) is 0 Å². The lowest BCUT2D eigenvalue weighted by Crippen LogP contribution is -2.06. The van der Waals surface area contributed by atoms with E-state index in [-0.39, 0.29) is 23.6 Å². The molecular formula is C11H10ClNO3. The minimum atomic E-state index is -0.421. The lowest BCUT2D eigenvalue weighted by molar-refractivity contribution is -0.139. The Hall–Kier alpha value is -1.73. The van der Waals surface area contributed by atoms with Crippen LogP contribution in [0.2, 0.25) is 0 Å². The van der Waals surface area contributed by atoms with Gasteiger partial charge in [0.15, 0.2) is 0 Å². The molecule has 4 nitrogen and oxygen atoms in total. The number of carbonyl (C=O) groups excluding carboxylic acids is 1. The maximum atomic E-state index is 11.1. The van der Waals surface area contributed by atoms with Crippen LogP contribution in [0.25, 0.3) is 0 Å². The second-order valence-electron chi connectivity index (χ2n) is 3.14. The van der Waals surface area contributed by atoms with E-state index in [9.17, 15) is 9.90 Å². The molecule has 84 valence electrons. The zero-order chi connectivity index (χ0) is 12.1. The van der Waals surface area contributed by atoms with Crippen LogP contribution in [-0.4, -0.2) is 18.2 Å². The number of esters is 1. The molecule has 0 amide bonds. The fourth-order valence-electron chi connectivity index (χ4n) is 1.28. The number of hydrogen-bond donors (Lipinski definition) is 1. The van der Waals surface area contributed by atoms with Crippen LogP contribution in [0.15, 0.2) is 12.1 Å². The van der Waals surface area contributed by atoms with Crippen molar-refractivity contribution in [2.45, 2.75) is 12.3 Å². The van der Waals surface area contributed by atoms with Crippen molar-refractivity contribution in [1.82, 2.24) is 0 Å². The summed E-state index contributed by atoms with van der Waals surface area (Å²) >= 11 is 5.70. The first-order valence-electron chi connectivity index (χ1n) is 4.50. The van der Waals surface area contributed by atoms with Crippen LogP contribution in [0.4, 0.5) is 0 Å². The van der Waals surface area contributed by atoms with Crippen molar-refractivity contribution in [3.05, 3.63) is 28.8 Å². The minimum Gasteiger partial charge on any atom is -0.507 e. The molecule has 1 rings (SSSR count). The van der Waals surface area contributed by atoms with Crippen molar-refractivity contribution in [2.24, 2.45) is 0 Å². The van der Waals surface area contributed by atoms with E-state index in [1.54, 1.807) is 0 Å². The number of phenolic OH excluding ortho intramolecular Hbond substituents is 1. The molecule has 16 heavy (non-hydrogen) atoms. The highest BCUT2D eigenvalue weighted by Gasteiger charge is 2.12. The molecule has 0 aromatic heterocycles. The first kappa shape index (κ1) is 12.3. The zero-order valence-corrected chi connectivity index (χ0v) is 9.41. The van der Waals surface area contributed by atoms with E-state index >= 15 is 0 Å². The number of benzene rings is 1. The van der Waals surface area contributed by atoms with Crippen LogP contribution in [0.5, 0.6) is 5.75 Å². The van der Waals surface area contributed by atoms with Crippen LogP contribution in [0, 0.1) is 11.3 Å². The molecule has 1 aromatic rings. The standard InChI is InChI=1S/C11H10ClNO3/c1-16-11(15)4-7-3-10(14)9(6-13)2-8(7)5-12/h2-3,14H,4-5H2,1H3. The summed E-state index contributed by atoms with van der Waals surface area (Å²) in [6.07, 6.45) is 0.0256. The fraction of sp³-hybridized carbons (Fsp3) is 0.273. The highest BCUT2D eigenvalue weighted by atomic mass is 35.5. The van der Waals surface area contributed by atoms with E-state index < -0.39 is 5.97 Å². The number of ether oxygens (including phenoxy) is 1. The van der Waals surface area contributed by atoms with E-state index in [1.165, 1.54) is 19.2 Å². The first-order valence-corrected chi connectivity index (χ1v) is 5.03. The summed E-state index contributed by atoms with van der Waals surface area (Å²) < 4.78 is 4.52. The number of nitriles is 1. The third-order valence-corrected chi connectivity index (χ3v) is 2.43. The molecule has 0 aliphatic rings. The Balaban J connectivity index is 3.14. The third kappa shape index (κ3) is 2.65. The van der Waals surface area contributed by atoms with E-state index in [4.69, 9.17) is 16.9 Å². The van der Waals surface area contributed by atoms with Crippen LogP contribution >= 0.6 is 11.6 Å². The van der Waals surface area contributed by atoms with Gasteiger partial charge in [-0.05, 0) is 23.3 Å². The summed E-state index contributed by atoms with van der Waals surface area (Å²) in [7, 11) is 1.28. The molecule has 0 unspecified atom stereocenters. The number of halogens is 1. The largest absolute Gasteiger partial charge is 0.507 e. The summed E-state index contributed by atoms with van der Waals surface area (Å²) in [6, 6.07) is 4.68. The smallest absolute Gasteiger partial charge is 0.309 e. The Kier molecular flexibility index (Phi) is 4.15. The molecule has 0 radical (unpaired) electrons. The van der Waals surface area contributed by atoms with Gasteiger partial charge >= 0.3 is 5.97 Å². The summed E-state index contributed by atoms with van der Waals surface area (Å²) in [4.78, 5) is 11.1. The second-order valence-corrected chi connectivity index (χ2v) is 3.40. The molecule has 1 N–H and O–H groups in total. The number of rotatable bonds is 3. The van der Waals surface area contributed by atoms with Crippen LogP contribution in [-0.2, 0) is 21.8 Å². The van der Waals surface area contributed by atoms with Gasteiger partial charge in [0.25, 0.3) is 0 Å². The van der Waals surface area contributed by atoms with E-state index in [2.05, 4.69) is 4.74 Å². The van der Waals surface area contributed by atoms with Gasteiger partial charge in [0.1, 0.15) is 11.8 Å². The van der Waals surface area contributed by atoms with E-state index in [0.29, 0.717) is 11.1 Å². The summed E-state index contributed by atoms with van der Waals surface area (Å²) in [6.45, 7) is 0. The molecular weight excluding hydrogens is 230 g/mol. The number of hydrogen-bond acceptors (Lipinski definition) is 4. The monoisotopic (exact) mass is 239 g/mol. The van der Waals surface area contributed by atoms with Crippen molar-refractivity contribution in [1.29, 1.82) is 5.26 Å². The molecule has 0 fully saturated rings. The maximum absolute atomic E-state index is 11.1. The van der Waals surface area contributed by atoms with Gasteiger partial charge in [-0.15, -0.1) is 11.6 Å².